The number of anilines is 1. The molecule has 4 rings (SSSR count). The van der Waals surface area contributed by atoms with Crippen molar-refractivity contribution in [2.75, 3.05) is 18.7 Å². The van der Waals surface area contributed by atoms with Gasteiger partial charge in [0.05, 0.1) is 5.69 Å². The summed E-state index contributed by atoms with van der Waals surface area (Å²) in [5, 5.41) is 3.27. The van der Waals surface area contributed by atoms with Crippen molar-refractivity contribution >= 4 is 5.82 Å². The van der Waals surface area contributed by atoms with Crippen LogP contribution in [0.1, 0.15) is 11.6 Å². The molecule has 0 bridgehead atoms. The lowest BCUT2D eigenvalue weighted by molar-refractivity contribution is 0.174. The smallest absolute Gasteiger partial charge is 0.231 e. The second-order valence-corrected chi connectivity index (χ2v) is 5.75. The minimum absolute atomic E-state index is 0.106. The summed E-state index contributed by atoms with van der Waals surface area (Å²) in [5.74, 6) is 2.22. The van der Waals surface area contributed by atoms with Crippen molar-refractivity contribution in [3.05, 3.63) is 66.5 Å². The minimum Gasteiger partial charge on any atom is -0.454 e. The molecule has 6 nitrogen and oxygen atoms in total. The van der Waals surface area contributed by atoms with Gasteiger partial charge in [-0.2, -0.15) is 0 Å². The summed E-state index contributed by atoms with van der Waals surface area (Å²) in [5.41, 5.74) is 9.06. The number of hydrogen-bond acceptors (Lipinski definition) is 6. The van der Waals surface area contributed by atoms with Crippen molar-refractivity contribution < 1.29 is 9.47 Å². The van der Waals surface area contributed by atoms with Gasteiger partial charge in [-0.05, 0) is 23.8 Å². The van der Waals surface area contributed by atoms with Crippen molar-refractivity contribution in [3.63, 3.8) is 0 Å². The molecule has 0 fully saturated rings. The lowest BCUT2D eigenvalue weighted by Gasteiger charge is -2.14. The van der Waals surface area contributed by atoms with Crippen LogP contribution in [0, 0.1) is 0 Å². The molecule has 0 saturated carbocycles. The zero-order valence-electron chi connectivity index (χ0n) is 13.6. The Morgan fingerprint density at radius 1 is 1.00 bits per heavy atom. The predicted molar refractivity (Wildman–Crippen MR) is 95.5 cm³/mol. The van der Waals surface area contributed by atoms with Gasteiger partial charge in [0.1, 0.15) is 12.1 Å². The highest BCUT2D eigenvalue weighted by Crippen LogP contribution is 2.35. The molecular weight excluding hydrogens is 316 g/mol. The van der Waals surface area contributed by atoms with Crippen molar-refractivity contribution in [3.8, 4) is 22.8 Å². The van der Waals surface area contributed by atoms with Crippen molar-refractivity contribution in [2.24, 2.45) is 5.73 Å². The summed E-state index contributed by atoms with van der Waals surface area (Å²) < 4.78 is 10.8. The number of aromatic nitrogens is 2. The molecule has 1 aliphatic rings. The Morgan fingerprint density at radius 3 is 2.72 bits per heavy atom. The predicted octanol–water partition coefficient (Wildman–Crippen LogP) is 2.98. The van der Waals surface area contributed by atoms with Crippen LogP contribution in [0.25, 0.3) is 11.3 Å². The Balaban J connectivity index is 1.48. The third-order valence-electron chi connectivity index (χ3n) is 4.07. The van der Waals surface area contributed by atoms with Crippen LogP contribution < -0.4 is 20.5 Å². The third kappa shape index (κ3) is 3.39. The third-order valence-corrected chi connectivity index (χ3v) is 4.07. The van der Waals surface area contributed by atoms with Gasteiger partial charge in [-0.25, -0.2) is 9.97 Å². The molecule has 1 aromatic heterocycles. The van der Waals surface area contributed by atoms with Gasteiger partial charge < -0.3 is 20.5 Å². The van der Waals surface area contributed by atoms with Gasteiger partial charge in [-0.1, -0.05) is 30.3 Å². The SMILES string of the molecule is NC(CNc1cc(-c2ccc3c(c2)OCO3)ncn1)c1ccccc1. The number of benzene rings is 2. The van der Waals surface area contributed by atoms with Crippen LogP contribution >= 0.6 is 0 Å². The molecule has 0 aliphatic carbocycles. The highest BCUT2D eigenvalue weighted by molar-refractivity contribution is 5.66. The van der Waals surface area contributed by atoms with E-state index >= 15 is 0 Å². The lowest BCUT2D eigenvalue weighted by atomic mass is 10.1. The van der Waals surface area contributed by atoms with Gasteiger partial charge in [0, 0.05) is 24.2 Å². The Morgan fingerprint density at radius 2 is 1.84 bits per heavy atom. The molecule has 1 unspecified atom stereocenters. The number of nitrogens with zero attached hydrogens (tertiary/aromatic N) is 2. The second-order valence-electron chi connectivity index (χ2n) is 5.75. The van der Waals surface area contributed by atoms with Crippen LogP contribution in [-0.2, 0) is 0 Å². The molecule has 0 radical (unpaired) electrons. The van der Waals surface area contributed by atoms with E-state index < -0.39 is 0 Å². The van der Waals surface area contributed by atoms with E-state index in [1.807, 2.05) is 54.6 Å². The molecule has 6 heteroatoms. The number of hydrogen-bond donors (Lipinski definition) is 2. The number of fused-ring (bicyclic) bond motifs is 1. The summed E-state index contributed by atoms with van der Waals surface area (Å²) in [6, 6.07) is 17.5. The molecule has 0 saturated heterocycles. The van der Waals surface area contributed by atoms with Gasteiger partial charge in [0.2, 0.25) is 6.79 Å². The van der Waals surface area contributed by atoms with Crippen molar-refractivity contribution in [2.45, 2.75) is 6.04 Å². The summed E-state index contributed by atoms with van der Waals surface area (Å²) >= 11 is 0. The van der Waals surface area contributed by atoms with E-state index in [0.29, 0.717) is 6.54 Å². The van der Waals surface area contributed by atoms with E-state index in [1.54, 1.807) is 0 Å². The maximum atomic E-state index is 6.22. The Kier molecular flexibility index (Phi) is 4.18. The molecule has 2 heterocycles. The van der Waals surface area contributed by atoms with Crippen molar-refractivity contribution in [1.82, 2.24) is 9.97 Å². The minimum atomic E-state index is -0.106. The summed E-state index contributed by atoms with van der Waals surface area (Å²) in [4.78, 5) is 8.61. The average molecular weight is 334 g/mol. The first-order valence-corrected chi connectivity index (χ1v) is 8.06. The molecule has 1 aliphatic heterocycles. The second kappa shape index (κ2) is 6.78. The largest absolute Gasteiger partial charge is 0.454 e. The molecule has 126 valence electrons. The molecule has 25 heavy (non-hydrogen) atoms. The monoisotopic (exact) mass is 334 g/mol. The first-order valence-electron chi connectivity index (χ1n) is 8.06. The highest BCUT2D eigenvalue weighted by Gasteiger charge is 2.14. The van der Waals surface area contributed by atoms with Gasteiger partial charge in [0.25, 0.3) is 0 Å². The van der Waals surface area contributed by atoms with E-state index in [2.05, 4.69) is 15.3 Å². The molecule has 3 aromatic rings. The van der Waals surface area contributed by atoms with Gasteiger partial charge in [-0.3, -0.25) is 0 Å². The summed E-state index contributed by atoms with van der Waals surface area (Å²) in [7, 11) is 0. The Bertz CT molecular complexity index is 870. The first-order chi connectivity index (χ1) is 12.3. The van der Waals surface area contributed by atoms with E-state index in [0.717, 1.165) is 34.1 Å². The van der Waals surface area contributed by atoms with E-state index in [4.69, 9.17) is 15.2 Å². The molecule has 0 amide bonds. The van der Waals surface area contributed by atoms with Gasteiger partial charge in [-0.15, -0.1) is 0 Å². The Hall–Kier alpha value is -3.12. The number of rotatable bonds is 5. The molecule has 3 N–H and O–H groups in total. The van der Waals surface area contributed by atoms with Gasteiger partial charge >= 0.3 is 0 Å². The first kappa shape index (κ1) is 15.4. The zero-order chi connectivity index (χ0) is 17.1. The maximum absolute atomic E-state index is 6.22. The Labute approximate surface area is 145 Å². The van der Waals surface area contributed by atoms with E-state index in [-0.39, 0.29) is 12.8 Å². The maximum Gasteiger partial charge on any atom is 0.231 e. The summed E-state index contributed by atoms with van der Waals surface area (Å²) in [6.45, 7) is 0.842. The van der Waals surface area contributed by atoms with E-state index in [1.165, 1.54) is 6.33 Å². The normalized spacial score (nSPS) is 13.5. The fourth-order valence-corrected chi connectivity index (χ4v) is 2.70. The van der Waals surface area contributed by atoms with Crippen LogP contribution in [-0.4, -0.2) is 23.3 Å². The standard InChI is InChI=1S/C19H18N4O2/c20-15(13-4-2-1-3-5-13)10-21-19-9-16(22-11-23-19)14-6-7-17-18(8-14)25-12-24-17/h1-9,11,15H,10,12,20H2,(H,21,22,23). The average Bonchev–Trinajstić information content (AvgIpc) is 3.15. The molecule has 2 aromatic carbocycles. The van der Waals surface area contributed by atoms with Crippen LogP contribution in [0.4, 0.5) is 5.82 Å². The quantitative estimate of drug-likeness (QED) is 0.746. The number of nitrogens with two attached hydrogens (primary N) is 1. The lowest BCUT2D eigenvalue weighted by Crippen LogP contribution is -2.20. The van der Waals surface area contributed by atoms with Crippen LogP contribution in [0.2, 0.25) is 0 Å². The summed E-state index contributed by atoms with van der Waals surface area (Å²) in [6.07, 6.45) is 1.54. The van der Waals surface area contributed by atoms with Crippen LogP contribution in [0.5, 0.6) is 11.5 Å². The van der Waals surface area contributed by atoms with Gasteiger partial charge in [0.15, 0.2) is 11.5 Å². The fourth-order valence-electron chi connectivity index (χ4n) is 2.70. The number of ether oxygens (including phenoxy) is 2. The van der Waals surface area contributed by atoms with E-state index in [9.17, 15) is 0 Å². The number of nitrogens with one attached hydrogen (secondary N) is 1. The molecule has 1 atom stereocenters. The topological polar surface area (TPSA) is 82.3 Å². The molecule has 0 spiro atoms. The van der Waals surface area contributed by atoms with Crippen molar-refractivity contribution in [1.29, 1.82) is 0 Å². The molecular formula is C19H18N4O2. The fraction of sp³-hybridized carbons (Fsp3) is 0.158. The van der Waals surface area contributed by atoms with Crippen LogP contribution in [0.15, 0.2) is 60.9 Å². The zero-order valence-corrected chi connectivity index (χ0v) is 13.6. The van der Waals surface area contributed by atoms with Crippen LogP contribution in [0.3, 0.4) is 0 Å². The highest BCUT2D eigenvalue weighted by atomic mass is 16.7.